The molecule has 0 bridgehead atoms. The molecule has 0 heterocycles. The number of benzene rings is 3. The van der Waals surface area contributed by atoms with Crippen molar-refractivity contribution in [1.82, 2.24) is 10.6 Å². The van der Waals surface area contributed by atoms with Crippen molar-refractivity contribution in [1.29, 1.82) is 0 Å². The number of para-hydroxylation sites is 1. The van der Waals surface area contributed by atoms with E-state index in [-0.39, 0.29) is 24.9 Å². The number of carboxylic acids is 1. The fourth-order valence-corrected chi connectivity index (χ4v) is 4.62. The molecule has 0 fully saturated rings. The Kier molecular flexibility index (Phi) is 12.2. The molecule has 222 valence electrons. The van der Waals surface area contributed by atoms with Crippen molar-refractivity contribution in [3.63, 3.8) is 0 Å². The zero-order valence-corrected chi connectivity index (χ0v) is 24.6. The van der Waals surface area contributed by atoms with E-state index in [1.54, 1.807) is 48.5 Å². The predicted molar refractivity (Wildman–Crippen MR) is 165 cm³/mol. The molecule has 5 N–H and O–H groups in total. The second-order valence-corrected chi connectivity index (χ2v) is 10.6. The Morgan fingerprint density at radius 2 is 1.62 bits per heavy atom. The van der Waals surface area contributed by atoms with Crippen LogP contribution >= 0.6 is 11.8 Å². The molecule has 3 rings (SSSR count). The van der Waals surface area contributed by atoms with Crippen LogP contribution in [0.15, 0.2) is 72.8 Å². The highest BCUT2D eigenvalue weighted by atomic mass is 32.2. The monoisotopic (exact) mass is 592 g/mol. The average molecular weight is 593 g/mol. The van der Waals surface area contributed by atoms with Crippen molar-refractivity contribution < 1.29 is 29.0 Å². The number of nitrogens with one attached hydrogen (secondary N) is 4. The first-order valence-electron chi connectivity index (χ1n) is 13.4. The highest BCUT2D eigenvalue weighted by Crippen LogP contribution is 2.20. The van der Waals surface area contributed by atoms with Gasteiger partial charge in [-0.1, -0.05) is 42.5 Å². The quantitative estimate of drug-likeness (QED) is 0.186. The van der Waals surface area contributed by atoms with E-state index in [0.29, 0.717) is 40.4 Å². The third-order valence-corrected chi connectivity index (χ3v) is 7.17. The molecule has 0 aliphatic rings. The first-order valence-corrected chi connectivity index (χ1v) is 14.7. The highest BCUT2D eigenvalue weighted by molar-refractivity contribution is 7.98. The summed E-state index contributed by atoms with van der Waals surface area (Å²) in [5.74, 6) is -1.60. The molecule has 0 spiro atoms. The van der Waals surface area contributed by atoms with Crippen LogP contribution in [-0.2, 0) is 20.8 Å². The molecule has 4 amide bonds. The molecular weight excluding hydrogens is 556 g/mol. The SMILES string of the molecule is COc1ccc([C@@H](CNC(=O)[C@H](CCSC)NC(=O)Cc2ccc(NC(=O)Nc3ccccc3C)cc2)C(=O)O)cc1. The Morgan fingerprint density at radius 3 is 2.24 bits per heavy atom. The van der Waals surface area contributed by atoms with Crippen LogP contribution in [0.2, 0.25) is 0 Å². The van der Waals surface area contributed by atoms with E-state index < -0.39 is 23.8 Å². The number of aliphatic carboxylic acids is 1. The van der Waals surface area contributed by atoms with Gasteiger partial charge in [0.1, 0.15) is 11.8 Å². The predicted octanol–water partition coefficient (Wildman–Crippen LogP) is 4.41. The molecular formula is C31H36N4O6S. The molecule has 0 aliphatic carbocycles. The molecule has 0 unspecified atom stereocenters. The molecule has 0 aromatic heterocycles. The summed E-state index contributed by atoms with van der Waals surface area (Å²) in [5.41, 5.74) is 3.44. The molecule has 2 atom stereocenters. The summed E-state index contributed by atoms with van der Waals surface area (Å²) in [6.07, 6.45) is 2.32. The summed E-state index contributed by atoms with van der Waals surface area (Å²) in [6.45, 7) is 1.78. The van der Waals surface area contributed by atoms with Crippen molar-refractivity contribution in [3.8, 4) is 5.75 Å². The Hall–Kier alpha value is -4.51. The van der Waals surface area contributed by atoms with Gasteiger partial charge in [-0.15, -0.1) is 0 Å². The number of amides is 4. The third kappa shape index (κ3) is 9.84. The number of carbonyl (C=O) groups excluding carboxylic acids is 3. The maximum atomic E-state index is 13.0. The summed E-state index contributed by atoms with van der Waals surface area (Å²) in [6, 6.07) is 19.7. The third-order valence-electron chi connectivity index (χ3n) is 6.53. The number of carbonyl (C=O) groups is 4. The topological polar surface area (TPSA) is 146 Å². The van der Waals surface area contributed by atoms with Crippen LogP contribution in [0, 0.1) is 6.92 Å². The van der Waals surface area contributed by atoms with Crippen LogP contribution in [0.5, 0.6) is 5.75 Å². The maximum absolute atomic E-state index is 13.0. The first-order chi connectivity index (χ1) is 20.2. The van der Waals surface area contributed by atoms with Gasteiger partial charge in [-0.3, -0.25) is 14.4 Å². The number of anilines is 2. The van der Waals surface area contributed by atoms with Crippen molar-refractivity contribution in [2.24, 2.45) is 0 Å². The highest BCUT2D eigenvalue weighted by Gasteiger charge is 2.25. The average Bonchev–Trinajstić information content (AvgIpc) is 2.97. The minimum absolute atomic E-state index is 0.0301. The molecule has 0 saturated carbocycles. The largest absolute Gasteiger partial charge is 0.497 e. The van der Waals surface area contributed by atoms with Crippen LogP contribution in [0.4, 0.5) is 16.2 Å². The van der Waals surface area contributed by atoms with Gasteiger partial charge in [0.25, 0.3) is 0 Å². The molecule has 0 saturated heterocycles. The van der Waals surface area contributed by atoms with E-state index in [9.17, 15) is 24.3 Å². The van der Waals surface area contributed by atoms with E-state index in [1.807, 2.05) is 37.4 Å². The maximum Gasteiger partial charge on any atom is 0.323 e. The minimum Gasteiger partial charge on any atom is -0.497 e. The van der Waals surface area contributed by atoms with Gasteiger partial charge in [0.15, 0.2) is 0 Å². The summed E-state index contributed by atoms with van der Waals surface area (Å²) < 4.78 is 5.12. The van der Waals surface area contributed by atoms with Crippen molar-refractivity contribution in [2.75, 3.05) is 36.3 Å². The van der Waals surface area contributed by atoms with E-state index in [2.05, 4.69) is 21.3 Å². The normalized spacial score (nSPS) is 12.0. The molecule has 0 aliphatic heterocycles. The van der Waals surface area contributed by atoms with Gasteiger partial charge in [-0.25, -0.2) is 4.79 Å². The van der Waals surface area contributed by atoms with Crippen molar-refractivity contribution >= 4 is 47.0 Å². The van der Waals surface area contributed by atoms with Crippen molar-refractivity contribution in [2.45, 2.75) is 31.7 Å². The summed E-state index contributed by atoms with van der Waals surface area (Å²) in [4.78, 5) is 50.1. The van der Waals surface area contributed by atoms with E-state index in [1.165, 1.54) is 18.9 Å². The van der Waals surface area contributed by atoms with Crippen LogP contribution < -0.4 is 26.0 Å². The fraction of sp³-hybridized carbons (Fsp3) is 0.290. The molecule has 42 heavy (non-hydrogen) atoms. The van der Waals surface area contributed by atoms with Crippen LogP contribution in [-0.4, -0.2) is 60.6 Å². The second kappa shape index (κ2) is 16.1. The lowest BCUT2D eigenvalue weighted by Gasteiger charge is -2.20. The lowest BCUT2D eigenvalue weighted by atomic mass is 9.99. The molecule has 3 aromatic rings. The minimum atomic E-state index is -1.07. The van der Waals surface area contributed by atoms with Gasteiger partial charge in [-0.2, -0.15) is 11.8 Å². The van der Waals surface area contributed by atoms with Gasteiger partial charge < -0.3 is 31.1 Å². The number of hydrogen-bond donors (Lipinski definition) is 5. The molecule has 10 nitrogen and oxygen atoms in total. The fourth-order valence-electron chi connectivity index (χ4n) is 4.15. The van der Waals surface area contributed by atoms with Crippen LogP contribution in [0.25, 0.3) is 0 Å². The van der Waals surface area contributed by atoms with Gasteiger partial charge in [-0.05, 0) is 72.4 Å². The van der Waals surface area contributed by atoms with E-state index in [0.717, 1.165) is 5.56 Å². The number of aryl methyl sites for hydroxylation is 1. The number of thioether (sulfide) groups is 1. The van der Waals surface area contributed by atoms with Crippen LogP contribution in [0.1, 0.15) is 29.0 Å². The lowest BCUT2D eigenvalue weighted by molar-refractivity contribution is -0.139. The van der Waals surface area contributed by atoms with Crippen LogP contribution in [0.3, 0.4) is 0 Å². The number of hydrogen-bond acceptors (Lipinski definition) is 6. The summed E-state index contributed by atoms with van der Waals surface area (Å²) >= 11 is 1.54. The molecule has 3 aromatic carbocycles. The summed E-state index contributed by atoms with van der Waals surface area (Å²) in [5, 5.41) is 20.8. The zero-order valence-electron chi connectivity index (χ0n) is 23.8. The Labute approximate surface area is 249 Å². The van der Waals surface area contributed by atoms with E-state index in [4.69, 9.17) is 4.74 Å². The second-order valence-electron chi connectivity index (χ2n) is 9.58. The number of urea groups is 1. The molecule has 0 radical (unpaired) electrons. The van der Waals surface area contributed by atoms with Gasteiger partial charge in [0.2, 0.25) is 11.8 Å². The smallest absolute Gasteiger partial charge is 0.323 e. The molecule has 11 heteroatoms. The Bertz CT molecular complexity index is 1360. The van der Waals surface area contributed by atoms with Gasteiger partial charge in [0, 0.05) is 17.9 Å². The summed E-state index contributed by atoms with van der Waals surface area (Å²) in [7, 11) is 1.52. The number of rotatable bonds is 14. The number of ether oxygens (including phenoxy) is 1. The Balaban J connectivity index is 1.55. The number of carboxylic acid groups (broad SMARTS) is 1. The van der Waals surface area contributed by atoms with Gasteiger partial charge >= 0.3 is 12.0 Å². The van der Waals surface area contributed by atoms with Crippen molar-refractivity contribution in [3.05, 3.63) is 89.5 Å². The number of methoxy groups -OCH3 is 1. The standard InChI is InChI=1S/C31H36N4O6S/c1-20-6-4-5-7-26(20)35-31(40)33-23-12-8-21(9-13-23)18-28(36)34-27(16-17-42-3)29(37)32-19-25(30(38)39)22-10-14-24(41-2)15-11-22/h4-15,25,27H,16-19H2,1-3H3,(H,32,37)(H,34,36)(H,38,39)(H2,33,35,40)/t25-,27+/m1/s1. The lowest BCUT2D eigenvalue weighted by Crippen LogP contribution is -2.48. The van der Waals surface area contributed by atoms with E-state index >= 15 is 0 Å². The van der Waals surface area contributed by atoms with Gasteiger partial charge in [0.05, 0.1) is 19.4 Å². The Morgan fingerprint density at radius 1 is 0.929 bits per heavy atom. The first kappa shape index (κ1) is 32.0. The zero-order chi connectivity index (χ0) is 30.5.